The average molecular weight is 346 g/mol. The molecule has 1 saturated heterocycles. The van der Waals surface area contributed by atoms with Crippen LogP contribution in [0.25, 0.3) is 0 Å². The zero-order chi connectivity index (χ0) is 17.6. The van der Waals surface area contributed by atoms with Gasteiger partial charge in [0.2, 0.25) is 0 Å². The van der Waals surface area contributed by atoms with Gasteiger partial charge in [0.05, 0.1) is 12.7 Å². The maximum Gasteiger partial charge on any atom is 0.401 e. The number of hydrogen-bond donors (Lipinski definition) is 2. The molecule has 6 nitrogen and oxygen atoms in total. The van der Waals surface area contributed by atoms with Crippen molar-refractivity contribution in [2.45, 2.75) is 32.0 Å². The third-order valence-electron chi connectivity index (χ3n) is 3.79. The Morgan fingerprint density at radius 2 is 2.25 bits per heavy atom. The number of alkyl halides is 3. The number of aliphatic imine (C=N–C) groups is 1. The first-order valence-electron chi connectivity index (χ1n) is 8.17. The van der Waals surface area contributed by atoms with E-state index in [0.717, 1.165) is 12.0 Å². The van der Waals surface area contributed by atoms with Crippen LogP contribution < -0.4 is 10.6 Å². The molecular weight excluding hydrogens is 321 g/mol. The molecule has 1 aromatic rings. The molecule has 24 heavy (non-hydrogen) atoms. The molecule has 1 aromatic heterocycles. The third kappa shape index (κ3) is 6.38. The van der Waals surface area contributed by atoms with Crippen molar-refractivity contribution in [2.24, 2.45) is 12.0 Å². The van der Waals surface area contributed by atoms with Gasteiger partial charge in [0, 0.05) is 45.5 Å². The van der Waals surface area contributed by atoms with Crippen LogP contribution in [0, 0.1) is 0 Å². The van der Waals surface area contributed by atoms with Crippen molar-refractivity contribution in [3.8, 4) is 0 Å². The molecule has 2 rings (SSSR count). The van der Waals surface area contributed by atoms with Crippen molar-refractivity contribution >= 4 is 5.96 Å². The predicted molar refractivity (Wildman–Crippen MR) is 86.9 cm³/mol. The molecule has 1 fully saturated rings. The summed E-state index contributed by atoms with van der Waals surface area (Å²) >= 11 is 0. The van der Waals surface area contributed by atoms with E-state index in [1.54, 1.807) is 4.68 Å². The van der Waals surface area contributed by atoms with E-state index in [1.165, 1.54) is 4.90 Å². The SMILES string of the molecule is CCNC(=NCCc1cnn(C)c1)NC1CCN(CC(F)(F)F)C1. The van der Waals surface area contributed by atoms with Gasteiger partial charge in [-0.1, -0.05) is 0 Å². The minimum absolute atomic E-state index is 0.0106. The first-order chi connectivity index (χ1) is 11.4. The maximum atomic E-state index is 12.4. The molecule has 0 spiro atoms. The zero-order valence-corrected chi connectivity index (χ0v) is 14.1. The predicted octanol–water partition coefficient (Wildman–Crippen LogP) is 1.15. The van der Waals surface area contributed by atoms with Crippen LogP contribution >= 0.6 is 0 Å². The standard InChI is InChI=1S/C15H25F3N6/c1-3-19-14(20-6-4-12-8-21-23(2)9-12)22-13-5-7-24(10-13)11-15(16,17)18/h8-9,13H,3-7,10-11H2,1-2H3,(H2,19,20,22). The van der Waals surface area contributed by atoms with Crippen LogP contribution in [0.4, 0.5) is 13.2 Å². The molecule has 0 aromatic carbocycles. The topological polar surface area (TPSA) is 57.5 Å². The summed E-state index contributed by atoms with van der Waals surface area (Å²) in [4.78, 5) is 5.93. The molecule has 1 aliphatic rings. The molecule has 2 heterocycles. The Morgan fingerprint density at radius 3 is 2.88 bits per heavy atom. The fraction of sp³-hybridized carbons (Fsp3) is 0.733. The highest BCUT2D eigenvalue weighted by Crippen LogP contribution is 2.19. The Balaban J connectivity index is 1.81. The molecule has 1 unspecified atom stereocenters. The normalized spacial score (nSPS) is 19.7. The average Bonchev–Trinajstić information content (AvgIpc) is 3.07. The van der Waals surface area contributed by atoms with Crippen LogP contribution in [-0.2, 0) is 13.5 Å². The van der Waals surface area contributed by atoms with E-state index in [4.69, 9.17) is 0 Å². The summed E-state index contributed by atoms with van der Waals surface area (Å²) in [6.07, 6.45) is 1.07. The smallest absolute Gasteiger partial charge is 0.357 e. The first-order valence-corrected chi connectivity index (χ1v) is 8.17. The highest BCUT2D eigenvalue weighted by molar-refractivity contribution is 5.80. The second kappa shape index (κ2) is 8.36. The lowest BCUT2D eigenvalue weighted by atomic mass is 10.2. The molecule has 1 aliphatic heterocycles. The minimum atomic E-state index is -4.14. The van der Waals surface area contributed by atoms with E-state index in [2.05, 4.69) is 20.7 Å². The van der Waals surface area contributed by atoms with E-state index >= 15 is 0 Å². The molecule has 0 radical (unpaired) electrons. The molecule has 9 heteroatoms. The van der Waals surface area contributed by atoms with Gasteiger partial charge < -0.3 is 10.6 Å². The molecule has 2 N–H and O–H groups in total. The Hall–Kier alpha value is -1.77. The van der Waals surface area contributed by atoms with Crippen LogP contribution in [0.2, 0.25) is 0 Å². The minimum Gasteiger partial charge on any atom is -0.357 e. The molecule has 0 aliphatic carbocycles. The van der Waals surface area contributed by atoms with Crippen LogP contribution in [-0.4, -0.2) is 65.6 Å². The number of likely N-dealkylation sites (tertiary alicyclic amines) is 1. The quantitative estimate of drug-likeness (QED) is 0.599. The molecule has 1 atom stereocenters. The third-order valence-corrected chi connectivity index (χ3v) is 3.79. The van der Waals surface area contributed by atoms with Gasteiger partial charge in [0.15, 0.2) is 5.96 Å². The van der Waals surface area contributed by atoms with E-state index in [-0.39, 0.29) is 6.04 Å². The number of aryl methyl sites for hydroxylation is 1. The van der Waals surface area contributed by atoms with Gasteiger partial charge in [-0.3, -0.25) is 14.6 Å². The van der Waals surface area contributed by atoms with Gasteiger partial charge in [-0.25, -0.2) is 0 Å². The van der Waals surface area contributed by atoms with Crippen molar-refractivity contribution in [3.63, 3.8) is 0 Å². The van der Waals surface area contributed by atoms with Crippen molar-refractivity contribution in [1.29, 1.82) is 0 Å². The molecule has 0 amide bonds. The highest BCUT2D eigenvalue weighted by Gasteiger charge is 2.34. The number of nitrogens with zero attached hydrogens (tertiary/aromatic N) is 4. The van der Waals surface area contributed by atoms with Crippen molar-refractivity contribution in [1.82, 2.24) is 25.3 Å². The van der Waals surface area contributed by atoms with Crippen LogP contribution in [0.5, 0.6) is 0 Å². The molecule has 0 saturated carbocycles. The largest absolute Gasteiger partial charge is 0.401 e. The van der Waals surface area contributed by atoms with Crippen molar-refractivity contribution in [2.75, 3.05) is 32.7 Å². The molecule has 136 valence electrons. The lowest BCUT2D eigenvalue weighted by Gasteiger charge is -2.19. The monoisotopic (exact) mass is 346 g/mol. The van der Waals surface area contributed by atoms with Crippen molar-refractivity contribution in [3.05, 3.63) is 18.0 Å². The Bertz CT molecular complexity index is 540. The van der Waals surface area contributed by atoms with Crippen LogP contribution in [0.15, 0.2) is 17.4 Å². The van der Waals surface area contributed by atoms with Crippen molar-refractivity contribution < 1.29 is 13.2 Å². The number of hydrogen-bond acceptors (Lipinski definition) is 3. The van der Waals surface area contributed by atoms with E-state index in [0.29, 0.717) is 38.6 Å². The van der Waals surface area contributed by atoms with Gasteiger partial charge in [-0.2, -0.15) is 18.3 Å². The lowest BCUT2D eigenvalue weighted by molar-refractivity contribution is -0.143. The molecule has 0 bridgehead atoms. The Morgan fingerprint density at radius 1 is 1.46 bits per heavy atom. The fourth-order valence-electron chi connectivity index (χ4n) is 2.76. The number of halogens is 3. The summed E-state index contributed by atoms with van der Waals surface area (Å²) in [6.45, 7) is 3.25. The van der Waals surface area contributed by atoms with Gasteiger partial charge in [0.1, 0.15) is 0 Å². The van der Waals surface area contributed by atoms with Gasteiger partial charge in [-0.05, 0) is 25.3 Å². The van der Waals surface area contributed by atoms with Gasteiger partial charge >= 0.3 is 6.18 Å². The second-order valence-corrected chi connectivity index (χ2v) is 6.01. The number of aromatic nitrogens is 2. The Kier molecular flexibility index (Phi) is 6.47. The number of rotatable bonds is 6. The second-order valence-electron chi connectivity index (χ2n) is 6.01. The fourth-order valence-corrected chi connectivity index (χ4v) is 2.76. The highest BCUT2D eigenvalue weighted by atomic mass is 19.4. The van der Waals surface area contributed by atoms with Crippen LogP contribution in [0.3, 0.4) is 0 Å². The summed E-state index contributed by atoms with van der Waals surface area (Å²) in [5, 5.41) is 10.5. The summed E-state index contributed by atoms with van der Waals surface area (Å²) < 4.78 is 39.1. The zero-order valence-electron chi connectivity index (χ0n) is 14.1. The van der Waals surface area contributed by atoms with Gasteiger partial charge in [-0.15, -0.1) is 0 Å². The van der Waals surface area contributed by atoms with E-state index in [9.17, 15) is 13.2 Å². The number of guanidine groups is 1. The Labute approximate surface area is 140 Å². The van der Waals surface area contributed by atoms with E-state index in [1.807, 2.05) is 26.4 Å². The maximum absolute atomic E-state index is 12.4. The summed E-state index contributed by atoms with van der Waals surface area (Å²) in [7, 11) is 1.87. The molecular formula is C15H25F3N6. The van der Waals surface area contributed by atoms with Crippen LogP contribution in [0.1, 0.15) is 18.9 Å². The number of nitrogens with one attached hydrogen (secondary N) is 2. The van der Waals surface area contributed by atoms with E-state index < -0.39 is 12.7 Å². The lowest BCUT2D eigenvalue weighted by Crippen LogP contribution is -2.45. The summed E-state index contributed by atoms with van der Waals surface area (Å²) in [6, 6.07) is -0.0106. The summed E-state index contributed by atoms with van der Waals surface area (Å²) in [5.41, 5.74) is 1.11. The summed E-state index contributed by atoms with van der Waals surface area (Å²) in [5.74, 6) is 0.653. The van der Waals surface area contributed by atoms with Gasteiger partial charge in [0.25, 0.3) is 0 Å². The first kappa shape index (κ1) is 18.6.